The number of rotatable bonds is 5. The number of hydrogen-bond donors (Lipinski definition) is 1. The summed E-state index contributed by atoms with van der Waals surface area (Å²) >= 11 is 0. The van der Waals surface area contributed by atoms with Gasteiger partial charge in [0, 0.05) is 23.2 Å². The van der Waals surface area contributed by atoms with Crippen molar-refractivity contribution >= 4 is 11.5 Å². The molecule has 4 rings (SSSR count). The fourth-order valence-corrected chi connectivity index (χ4v) is 3.28. The monoisotopic (exact) mass is 305 g/mol. The molecule has 0 aliphatic heterocycles. The Balaban J connectivity index is 1.45. The van der Waals surface area contributed by atoms with Crippen LogP contribution in [0.3, 0.4) is 0 Å². The molecule has 0 bridgehead atoms. The van der Waals surface area contributed by atoms with E-state index in [9.17, 15) is 4.79 Å². The van der Waals surface area contributed by atoms with Crippen LogP contribution in [0.15, 0.2) is 48.5 Å². The van der Waals surface area contributed by atoms with Gasteiger partial charge in [0.05, 0.1) is 0 Å². The van der Waals surface area contributed by atoms with Crippen LogP contribution in [0.1, 0.15) is 48.9 Å². The molecule has 0 unspecified atom stereocenters. The second-order valence-corrected chi connectivity index (χ2v) is 6.92. The summed E-state index contributed by atoms with van der Waals surface area (Å²) in [6, 6.07) is 17.4. The Kier molecular flexibility index (Phi) is 3.90. The van der Waals surface area contributed by atoms with Gasteiger partial charge in [0.1, 0.15) is 0 Å². The van der Waals surface area contributed by atoms with Crippen LogP contribution >= 0.6 is 0 Å². The Morgan fingerprint density at radius 2 is 1.35 bits per heavy atom. The van der Waals surface area contributed by atoms with E-state index in [1.54, 1.807) is 0 Å². The third kappa shape index (κ3) is 3.03. The topological polar surface area (TPSA) is 29.1 Å². The van der Waals surface area contributed by atoms with Crippen LogP contribution in [-0.4, -0.2) is 11.8 Å². The van der Waals surface area contributed by atoms with Crippen molar-refractivity contribution in [1.29, 1.82) is 0 Å². The maximum absolute atomic E-state index is 12.2. The minimum absolute atomic E-state index is 0.276. The number of ketones is 1. The molecule has 0 amide bonds. The van der Waals surface area contributed by atoms with Crippen LogP contribution in [0.5, 0.6) is 0 Å². The third-order valence-electron chi connectivity index (χ3n) is 5.34. The molecule has 2 aliphatic carbocycles. The number of nitrogens with one attached hydrogen (secondary N) is 1. The van der Waals surface area contributed by atoms with Gasteiger partial charge in [-0.3, -0.25) is 4.79 Å². The molecule has 2 heteroatoms. The molecule has 0 atom stereocenters. The summed E-state index contributed by atoms with van der Waals surface area (Å²) < 4.78 is 0. The Labute approximate surface area is 137 Å². The lowest BCUT2D eigenvalue weighted by Gasteiger charge is -2.27. The maximum Gasteiger partial charge on any atom is 0.165 e. The Morgan fingerprint density at radius 1 is 0.783 bits per heavy atom. The van der Waals surface area contributed by atoms with Crippen molar-refractivity contribution in [3.05, 3.63) is 54.1 Å². The van der Waals surface area contributed by atoms with Gasteiger partial charge in [0.15, 0.2) is 5.78 Å². The van der Waals surface area contributed by atoms with E-state index in [1.165, 1.54) is 42.5 Å². The predicted molar refractivity (Wildman–Crippen MR) is 94.8 cm³/mol. The zero-order valence-corrected chi connectivity index (χ0v) is 13.4. The second-order valence-electron chi connectivity index (χ2n) is 6.92. The lowest BCUT2D eigenvalue weighted by molar-refractivity contribution is 0.0855. The fourth-order valence-electron chi connectivity index (χ4n) is 3.28. The summed E-state index contributed by atoms with van der Waals surface area (Å²) in [5, 5.41) is 3.56. The van der Waals surface area contributed by atoms with E-state index < -0.39 is 0 Å². The van der Waals surface area contributed by atoms with Crippen LogP contribution in [0.4, 0.5) is 5.69 Å². The lowest BCUT2D eigenvalue weighted by atomic mass is 9.80. The summed E-state index contributed by atoms with van der Waals surface area (Å²) in [5.74, 6) is 0.598. The Bertz CT molecular complexity index is 679. The van der Waals surface area contributed by atoms with Crippen molar-refractivity contribution in [2.75, 3.05) is 5.32 Å². The van der Waals surface area contributed by atoms with Gasteiger partial charge in [-0.15, -0.1) is 0 Å². The maximum atomic E-state index is 12.2. The van der Waals surface area contributed by atoms with Crippen molar-refractivity contribution in [1.82, 2.24) is 0 Å². The molecule has 2 saturated carbocycles. The minimum Gasteiger partial charge on any atom is -0.382 e. The summed E-state index contributed by atoms with van der Waals surface area (Å²) in [6.45, 7) is 0. The van der Waals surface area contributed by atoms with Gasteiger partial charge in [-0.25, -0.2) is 0 Å². The van der Waals surface area contributed by atoms with E-state index in [4.69, 9.17) is 0 Å². The van der Waals surface area contributed by atoms with Crippen molar-refractivity contribution in [2.24, 2.45) is 5.92 Å². The molecule has 2 aromatic carbocycles. The number of carbonyl (C=O) groups is 1. The molecule has 0 spiro atoms. The number of hydrogen-bond acceptors (Lipinski definition) is 2. The van der Waals surface area contributed by atoms with E-state index in [0.29, 0.717) is 11.8 Å². The van der Waals surface area contributed by atoms with Gasteiger partial charge in [-0.05, 0) is 55.4 Å². The summed E-state index contributed by atoms with van der Waals surface area (Å²) in [7, 11) is 0. The van der Waals surface area contributed by atoms with Gasteiger partial charge < -0.3 is 5.32 Å². The van der Waals surface area contributed by atoms with E-state index in [-0.39, 0.29) is 5.92 Å². The molecule has 0 radical (unpaired) electrons. The first kappa shape index (κ1) is 14.5. The standard InChI is InChI=1S/C21H23NO/c23-21(17-3-1-4-17)18-9-7-15(8-10-18)16-11-13-20(14-12-16)22-19-5-2-6-19/h7-14,17,19,22H,1-6H2. The van der Waals surface area contributed by atoms with Gasteiger partial charge in [0.25, 0.3) is 0 Å². The first-order valence-corrected chi connectivity index (χ1v) is 8.81. The predicted octanol–water partition coefficient (Wildman–Crippen LogP) is 5.30. The molecule has 2 aromatic rings. The number of carbonyl (C=O) groups excluding carboxylic acids is 1. The average Bonchev–Trinajstić information content (AvgIpc) is 2.50. The number of Topliss-reactive ketones (excluding diaryl/α,β-unsaturated/α-hetero) is 1. The molecule has 0 saturated heterocycles. The largest absolute Gasteiger partial charge is 0.382 e. The molecule has 0 heterocycles. The summed E-state index contributed by atoms with van der Waals surface area (Å²) in [5.41, 5.74) is 4.44. The highest BCUT2D eigenvalue weighted by Gasteiger charge is 2.25. The zero-order chi connectivity index (χ0) is 15.6. The highest BCUT2D eigenvalue weighted by atomic mass is 16.1. The molecule has 23 heavy (non-hydrogen) atoms. The number of benzene rings is 2. The Morgan fingerprint density at radius 3 is 1.83 bits per heavy atom. The van der Waals surface area contributed by atoms with Crippen LogP contribution < -0.4 is 5.32 Å². The molecular weight excluding hydrogens is 282 g/mol. The van der Waals surface area contributed by atoms with Crippen molar-refractivity contribution in [3.8, 4) is 11.1 Å². The Hall–Kier alpha value is -2.09. The minimum atomic E-state index is 0.276. The second kappa shape index (κ2) is 6.19. The van der Waals surface area contributed by atoms with Crippen molar-refractivity contribution in [3.63, 3.8) is 0 Å². The summed E-state index contributed by atoms with van der Waals surface area (Å²) in [4.78, 5) is 12.2. The molecular formula is C21H23NO. The van der Waals surface area contributed by atoms with Crippen molar-refractivity contribution in [2.45, 2.75) is 44.6 Å². The molecule has 1 N–H and O–H groups in total. The highest BCUT2D eigenvalue weighted by molar-refractivity contribution is 5.98. The fraction of sp³-hybridized carbons (Fsp3) is 0.381. The van der Waals surface area contributed by atoms with Gasteiger partial charge in [-0.1, -0.05) is 42.8 Å². The highest BCUT2D eigenvalue weighted by Crippen LogP contribution is 2.31. The van der Waals surface area contributed by atoms with Crippen molar-refractivity contribution < 1.29 is 4.79 Å². The van der Waals surface area contributed by atoms with E-state index >= 15 is 0 Å². The first-order valence-electron chi connectivity index (χ1n) is 8.81. The quantitative estimate of drug-likeness (QED) is 0.759. The third-order valence-corrected chi connectivity index (χ3v) is 5.34. The van der Waals surface area contributed by atoms with Gasteiger partial charge in [0.2, 0.25) is 0 Å². The van der Waals surface area contributed by atoms with Crippen LogP contribution in [0, 0.1) is 5.92 Å². The van der Waals surface area contributed by atoms with Crippen LogP contribution in [-0.2, 0) is 0 Å². The smallest absolute Gasteiger partial charge is 0.165 e. The van der Waals surface area contributed by atoms with Gasteiger partial charge in [-0.2, -0.15) is 0 Å². The molecule has 118 valence electrons. The van der Waals surface area contributed by atoms with E-state index in [2.05, 4.69) is 41.7 Å². The summed E-state index contributed by atoms with van der Waals surface area (Å²) in [6.07, 6.45) is 7.26. The molecule has 2 aliphatic rings. The van der Waals surface area contributed by atoms with Crippen LogP contribution in [0.25, 0.3) is 11.1 Å². The average molecular weight is 305 g/mol. The normalized spacial score (nSPS) is 18.1. The zero-order valence-electron chi connectivity index (χ0n) is 13.4. The first-order chi connectivity index (χ1) is 11.3. The lowest BCUT2D eigenvalue weighted by Crippen LogP contribution is -2.26. The van der Waals surface area contributed by atoms with E-state index in [0.717, 1.165) is 18.4 Å². The molecule has 2 fully saturated rings. The van der Waals surface area contributed by atoms with Crippen LogP contribution in [0.2, 0.25) is 0 Å². The van der Waals surface area contributed by atoms with E-state index in [1.807, 2.05) is 12.1 Å². The SMILES string of the molecule is O=C(c1ccc(-c2ccc(NC3CCC3)cc2)cc1)C1CCC1. The molecule has 0 aromatic heterocycles. The number of anilines is 1. The molecule has 2 nitrogen and oxygen atoms in total. The van der Waals surface area contributed by atoms with Gasteiger partial charge >= 0.3 is 0 Å².